The molecule has 1 N–H and O–H groups in total. The van der Waals surface area contributed by atoms with Crippen molar-refractivity contribution >= 4 is 11.7 Å². The Morgan fingerprint density at radius 2 is 2.21 bits per heavy atom. The van der Waals surface area contributed by atoms with Gasteiger partial charge in [-0.2, -0.15) is 0 Å². The molecule has 1 aliphatic rings. The van der Waals surface area contributed by atoms with Crippen LogP contribution < -0.4 is 9.64 Å². The Hall–Kier alpha value is -1.71. The summed E-state index contributed by atoms with van der Waals surface area (Å²) in [6, 6.07) is 5.17. The van der Waals surface area contributed by atoms with Gasteiger partial charge in [0.1, 0.15) is 5.75 Å². The monoisotopic (exact) mass is 263 g/mol. The van der Waals surface area contributed by atoms with Crippen molar-refractivity contribution in [2.45, 2.75) is 26.2 Å². The lowest BCUT2D eigenvalue weighted by atomic mass is 10.1. The number of benzene rings is 1. The average Bonchev–Trinajstić information content (AvgIpc) is 3.21. The van der Waals surface area contributed by atoms with Gasteiger partial charge in [-0.25, -0.2) is 4.79 Å². The molecule has 0 unspecified atom stereocenters. The average molecular weight is 263 g/mol. The molecule has 0 atom stereocenters. The maximum Gasteiger partial charge on any atom is 0.337 e. The Labute approximate surface area is 114 Å². The van der Waals surface area contributed by atoms with Crippen LogP contribution in [0.1, 0.15) is 36.5 Å². The van der Waals surface area contributed by atoms with Crippen molar-refractivity contribution in [2.24, 2.45) is 5.92 Å². The molecule has 4 heteroatoms. The van der Waals surface area contributed by atoms with Crippen LogP contribution >= 0.6 is 0 Å². The fourth-order valence-corrected chi connectivity index (χ4v) is 2.27. The first-order valence-corrected chi connectivity index (χ1v) is 6.82. The van der Waals surface area contributed by atoms with Crippen LogP contribution in [0.4, 0.5) is 5.69 Å². The Morgan fingerprint density at radius 1 is 1.47 bits per heavy atom. The third-order valence-electron chi connectivity index (χ3n) is 3.45. The third-order valence-corrected chi connectivity index (χ3v) is 3.45. The van der Waals surface area contributed by atoms with Crippen LogP contribution in [0.25, 0.3) is 0 Å². The van der Waals surface area contributed by atoms with Crippen molar-refractivity contribution in [1.82, 2.24) is 0 Å². The zero-order valence-electron chi connectivity index (χ0n) is 11.6. The molecule has 0 spiro atoms. The van der Waals surface area contributed by atoms with Crippen LogP contribution in [0.5, 0.6) is 5.75 Å². The fourth-order valence-electron chi connectivity index (χ4n) is 2.27. The fraction of sp³-hybridized carbons (Fsp3) is 0.533. The summed E-state index contributed by atoms with van der Waals surface area (Å²) in [4.78, 5) is 13.5. The van der Waals surface area contributed by atoms with E-state index in [1.165, 1.54) is 12.8 Å². The number of carbonyl (C=O) groups is 1. The van der Waals surface area contributed by atoms with Crippen LogP contribution in [0.2, 0.25) is 0 Å². The van der Waals surface area contributed by atoms with Crippen LogP contribution in [0.3, 0.4) is 0 Å². The molecule has 1 saturated carbocycles. The first-order valence-electron chi connectivity index (χ1n) is 6.82. The molecule has 0 radical (unpaired) electrons. The van der Waals surface area contributed by atoms with Gasteiger partial charge in [0.25, 0.3) is 0 Å². The summed E-state index contributed by atoms with van der Waals surface area (Å²) < 4.78 is 5.22. The van der Waals surface area contributed by atoms with Crippen molar-refractivity contribution in [3.63, 3.8) is 0 Å². The minimum absolute atomic E-state index is 0.356. The van der Waals surface area contributed by atoms with E-state index < -0.39 is 5.97 Å². The number of rotatable bonds is 7. The number of methoxy groups -OCH3 is 1. The summed E-state index contributed by atoms with van der Waals surface area (Å²) in [5.74, 6) is 0.547. The van der Waals surface area contributed by atoms with Gasteiger partial charge in [0.15, 0.2) is 0 Å². The standard InChI is InChI=1S/C15H21NO3/c1-3-8-16(10-11-4-5-11)14-9-12(19-2)6-7-13(14)15(17)18/h6-7,9,11H,3-5,8,10H2,1-2H3,(H,17,18). The van der Waals surface area contributed by atoms with E-state index in [1.807, 2.05) is 6.07 Å². The highest BCUT2D eigenvalue weighted by Gasteiger charge is 2.26. The van der Waals surface area contributed by atoms with Gasteiger partial charge in [-0.15, -0.1) is 0 Å². The quantitative estimate of drug-likeness (QED) is 0.821. The van der Waals surface area contributed by atoms with Gasteiger partial charge in [0.2, 0.25) is 0 Å². The van der Waals surface area contributed by atoms with E-state index in [4.69, 9.17) is 4.74 Å². The SMILES string of the molecule is CCCN(CC1CC1)c1cc(OC)ccc1C(=O)O. The third kappa shape index (κ3) is 3.40. The second-order valence-corrected chi connectivity index (χ2v) is 5.08. The molecule has 104 valence electrons. The molecule has 2 rings (SSSR count). The zero-order chi connectivity index (χ0) is 13.8. The highest BCUT2D eigenvalue weighted by molar-refractivity contribution is 5.94. The van der Waals surface area contributed by atoms with E-state index >= 15 is 0 Å². The normalized spacial score (nSPS) is 14.2. The van der Waals surface area contributed by atoms with Crippen molar-refractivity contribution in [3.05, 3.63) is 23.8 Å². The van der Waals surface area contributed by atoms with E-state index in [-0.39, 0.29) is 0 Å². The first-order chi connectivity index (χ1) is 9.15. The Bertz CT molecular complexity index is 455. The van der Waals surface area contributed by atoms with Gasteiger partial charge in [0, 0.05) is 19.2 Å². The molecule has 1 fully saturated rings. The van der Waals surface area contributed by atoms with E-state index in [1.54, 1.807) is 19.2 Å². The highest BCUT2D eigenvalue weighted by Crippen LogP contribution is 2.34. The number of nitrogens with zero attached hydrogens (tertiary/aromatic N) is 1. The molecule has 4 nitrogen and oxygen atoms in total. The summed E-state index contributed by atoms with van der Waals surface area (Å²) >= 11 is 0. The van der Waals surface area contributed by atoms with Gasteiger partial charge in [-0.3, -0.25) is 0 Å². The van der Waals surface area contributed by atoms with E-state index in [0.29, 0.717) is 11.3 Å². The Balaban J connectivity index is 2.32. The summed E-state index contributed by atoms with van der Waals surface area (Å²) in [6.07, 6.45) is 3.52. The van der Waals surface area contributed by atoms with Crippen molar-refractivity contribution in [1.29, 1.82) is 0 Å². The molecule has 1 aromatic rings. The summed E-state index contributed by atoms with van der Waals surface area (Å²) in [5.41, 5.74) is 1.13. The van der Waals surface area contributed by atoms with E-state index in [0.717, 1.165) is 31.1 Å². The van der Waals surface area contributed by atoms with Gasteiger partial charge >= 0.3 is 5.97 Å². The number of anilines is 1. The van der Waals surface area contributed by atoms with E-state index in [2.05, 4.69) is 11.8 Å². The summed E-state index contributed by atoms with van der Waals surface area (Å²) in [5, 5.41) is 9.33. The predicted octanol–water partition coefficient (Wildman–Crippen LogP) is 3.02. The zero-order valence-corrected chi connectivity index (χ0v) is 11.6. The van der Waals surface area contributed by atoms with Gasteiger partial charge in [0.05, 0.1) is 18.4 Å². The minimum Gasteiger partial charge on any atom is -0.497 e. The highest BCUT2D eigenvalue weighted by atomic mass is 16.5. The molecule has 1 aliphatic carbocycles. The molecule has 0 aliphatic heterocycles. The molecule has 0 aromatic heterocycles. The molecular weight excluding hydrogens is 242 g/mol. The first kappa shape index (κ1) is 13.7. The Kier molecular flexibility index (Phi) is 4.30. The molecular formula is C15H21NO3. The second-order valence-electron chi connectivity index (χ2n) is 5.08. The molecule has 0 amide bonds. The van der Waals surface area contributed by atoms with Crippen LogP contribution in [-0.4, -0.2) is 31.3 Å². The lowest BCUT2D eigenvalue weighted by molar-refractivity contribution is 0.0697. The van der Waals surface area contributed by atoms with E-state index in [9.17, 15) is 9.90 Å². The van der Waals surface area contributed by atoms with Crippen molar-refractivity contribution in [2.75, 3.05) is 25.1 Å². The lowest BCUT2D eigenvalue weighted by Gasteiger charge is -2.26. The number of hydrogen-bond acceptors (Lipinski definition) is 3. The number of carboxylic acid groups (broad SMARTS) is 1. The summed E-state index contributed by atoms with van der Waals surface area (Å²) in [6.45, 7) is 3.94. The summed E-state index contributed by atoms with van der Waals surface area (Å²) in [7, 11) is 1.60. The topological polar surface area (TPSA) is 49.8 Å². The molecule has 19 heavy (non-hydrogen) atoms. The van der Waals surface area contributed by atoms with Crippen molar-refractivity contribution < 1.29 is 14.6 Å². The molecule has 0 bridgehead atoms. The molecule has 0 saturated heterocycles. The van der Waals surface area contributed by atoms with Gasteiger partial charge in [-0.1, -0.05) is 6.92 Å². The minimum atomic E-state index is -0.880. The molecule has 0 heterocycles. The second kappa shape index (κ2) is 5.95. The van der Waals surface area contributed by atoms with Crippen molar-refractivity contribution in [3.8, 4) is 5.75 Å². The maximum absolute atomic E-state index is 11.4. The van der Waals surface area contributed by atoms with Crippen LogP contribution in [0, 0.1) is 5.92 Å². The smallest absolute Gasteiger partial charge is 0.337 e. The molecule has 1 aromatic carbocycles. The predicted molar refractivity (Wildman–Crippen MR) is 75.2 cm³/mol. The van der Waals surface area contributed by atoms with Crippen LogP contribution in [0.15, 0.2) is 18.2 Å². The largest absolute Gasteiger partial charge is 0.497 e. The number of aromatic carboxylic acids is 1. The lowest BCUT2D eigenvalue weighted by Crippen LogP contribution is -2.28. The van der Waals surface area contributed by atoms with Gasteiger partial charge < -0.3 is 14.7 Å². The number of ether oxygens (including phenoxy) is 1. The maximum atomic E-state index is 11.4. The number of carboxylic acids is 1. The number of hydrogen-bond donors (Lipinski definition) is 1. The Morgan fingerprint density at radius 3 is 2.74 bits per heavy atom. The van der Waals surface area contributed by atoms with Gasteiger partial charge in [-0.05, 0) is 37.3 Å². The van der Waals surface area contributed by atoms with Crippen LogP contribution in [-0.2, 0) is 0 Å².